The first-order valence-corrected chi connectivity index (χ1v) is 9.96. The second-order valence-corrected chi connectivity index (χ2v) is 7.86. The summed E-state index contributed by atoms with van der Waals surface area (Å²) in [7, 11) is 1.58. The van der Waals surface area contributed by atoms with E-state index in [4.69, 9.17) is 0 Å². The summed E-state index contributed by atoms with van der Waals surface area (Å²) in [6.45, 7) is 1.69. The lowest BCUT2D eigenvalue weighted by atomic mass is 9.95. The number of hydrogen-bond donors (Lipinski definition) is 2. The van der Waals surface area contributed by atoms with Crippen molar-refractivity contribution in [1.29, 1.82) is 0 Å². The molecule has 7 nitrogen and oxygen atoms in total. The number of fused-ring (bicyclic) bond motifs is 3. The van der Waals surface area contributed by atoms with E-state index in [0.717, 1.165) is 10.9 Å². The van der Waals surface area contributed by atoms with E-state index in [0.29, 0.717) is 11.3 Å². The highest BCUT2D eigenvalue weighted by Gasteiger charge is 2.45. The molecule has 1 atom stereocenters. The van der Waals surface area contributed by atoms with Crippen LogP contribution in [0.25, 0.3) is 10.9 Å². The van der Waals surface area contributed by atoms with E-state index in [-0.39, 0.29) is 25.5 Å². The van der Waals surface area contributed by atoms with E-state index in [1.165, 1.54) is 11.0 Å². The van der Waals surface area contributed by atoms with Crippen LogP contribution in [-0.4, -0.2) is 46.3 Å². The predicted octanol–water partition coefficient (Wildman–Crippen LogP) is 2.06. The Hall–Kier alpha value is -3.68. The van der Waals surface area contributed by atoms with E-state index in [1.54, 1.807) is 32.2 Å². The standard InChI is InChI=1S/C23H23FN4O3/c1-23(22(31)26-13-20(29)25-12-16-8-3-5-9-17(16)24)14-28-18-10-6-4-7-15(18)11-19(28)21(30)27(23)2/h3-11H,12-14H2,1-2H3,(H,25,29)(H,26,31). The van der Waals surface area contributed by atoms with Gasteiger partial charge in [-0.15, -0.1) is 0 Å². The van der Waals surface area contributed by atoms with E-state index < -0.39 is 23.2 Å². The van der Waals surface area contributed by atoms with Gasteiger partial charge in [-0.3, -0.25) is 14.4 Å². The minimum atomic E-state index is -1.17. The topological polar surface area (TPSA) is 83.4 Å². The molecule has 1 unspecified atom stereocenters. The number of amides is 3. The third kappa shape index (κ3) is 3.65. The van der Waals surface area contributed by atoms with E-state index >= 15 is 0 Å². The maximum absolute atomic E-state index is 13.7. The number of benzene rings is 2. The average molecular weight is 422 g/mol. The Labute approximate surface area is 178 Å². The Bertz CT molecular complexity index is 1190. The molecule has 0 aliphatic carbocycles. The average Bonchev–Trinajstić information content (AvgIpc) is 3.13. The van der Waals surface area contributed by atoms with Crippen molar-refractivity contribution < 1.29 is 18.8 Å². The Morgan fingerprint density at radius 1 is 1.10 bits per heavy atom. The molecule has 1 aliphatic rings. The van der Waals surface area contributed by atoms with Crippen LogP contribution in [0.2, 0.25) is 0 Å². The third-order valence-electron chi connectivity index (χ3n) is 5.87. The van der Waals surface area contributed by atoms with E-state index in [9.17, 15) is 18.8 Å². The number of aromatic nitrogens is 1. The Kier molecular flexibility index (Phi) is 5.22. The third-order valence-corrected chi connectivity index (χ3v) is 5.87. The largest absolute Gasteiger partial charge is 0.350 e. The first-order valence-electron chi connectivity index (χ1n) is 9.96. The lowest BCUT2D eigenvalue weighted by Crippen LogP contribution is -2.63. The number of halogens is 1. The van der Waals surface area contributed by atoms with Crippen LogP contribution >= 0.6 is 0 Å². The number of para-hydroxylation sites is 1. The molecule has 1 aliphatic heterocycles. The van der Waals surface area contributed by atoms with Gasteiger partial charge in [-0.05, 0) is 25.1 Å². The zero-order valence-electron chi connectivity index (χ0n) is 17.3. The van der Waals surface area contributed by atoms with Crippen LogP contribution in [0.15, 0.2) is 54.6 Å². The first-order chi connectivity index (χ1) is 14.8. The smallest absolute Gasteiger partial charge is 0.271 e. The van der Waals surface area contributed by atoms with Gasteiger partial charge in [0.25, 0.3) is 5.91 Å². The van der Waals surface area contributed by atoms with Crippen LogP contribution in [0.1, 0.15) is 23.0 Å². The molecule has 3 aromatic rings. The van der Waals surface area contributed by atoms with Crippen molar-refractivity contribution in [3.8, 4) is 0 Å². The Morgan fingerprint density at radius 3 is 2.58 bits per heavy atom. The maximum Gasteiger partial charge on any atom is 0.271 e. The molecule has 0 spiro atoms. The second-order valence-electron chi connectivity index (χ2n) is 7.86. The van der Waals surface area contributed by atoms with Crippen molar-refractivity contribution in [2.75, 3.05) is 13.6 Å². The van der Waals surface area contributed by atoms with E-state index in [1.807, 2.05) is 34.9 Å². The molecule has 2 N–H and O–H groups in total. The lowest BCUT2D eigenvalue weighted by Gasteiger charge is -2.41. The molecule has 160 valence electrons. The quantitative estimate of drug-likeness (QED) is 0.660. The molecule has 0 bridgehead atoms. The van der Waals surface area contributed by atoms with Crippen LogP contribution in [0.5, 0.6) is 0 Å². The van der Waals surface area contributed by atoms with Crippen LogP contribution < -0.4 is 10.6 Å². The van der Waals surface area contributed by atoms with Crippen LogP contribution in [0, 0.1) is 5.82 Å². The van der Waals surface area contributed by atoms with Crippen molar-refractivity contribution in [3.63, 3.8) is 0 Å². The molecule has 2 heterocycles. The second kappa shape index (κ2) is 7.86. The molecule has 0 saturated heterocycles. The number of nitrogens with one attached hydrogen (secondary N) is 2. The number of likely N-dealkylation sites (N-methyl/N-ethyl adjacent to an activating group) is 1. The summed E-state index contributed by atoms with van der Waals surface area (Å²) >= 11 is 0. The highest BCUT2D eigenvalue weighted by molar-refractivity contribution is 6.03. The molecule has 31 heavy (non-hydrogen) atoms. The summed E-state index contributed by atoms with van der Waals surface area (Å²) < 4.78 is 15.5. The van der Waals surface area contributed by atoms with E-state index in [2.05, 4.69) is 10.6 Å². The normalized spacial score (nSPS) is 18.0. The van der Waals surface area contributed by atoms with Gasteiger partial charge in [-0.25, -0.2) is 4.39 Å². The zero-order chi connectivity index (χ0) is 22.2. The fraction of sp³-hybridized carbons (Fsp3) is 0.261. The molecule has 2 aromatic carbocycles. The summed E-state index contributed by atoms with van der Waals surface area (Å²) in [4.78, 5) is 39.5. The number of carbonyl (C=O) groups excluding carboxylic acids is 3. The van der Waals surface area contributed by atoms with Crippen molar-refractivity contribution in [1.82, 2.24) is 20.1 Å². The fourth-order valence-electron chi connectivity index (χ4n) is 3.84. The van der Waals surface area contributed by atoms with Crippen molar-refractivity contribution in [2.24, 2.45) is 0 Å². The maximum atomic E-state index is 13.7. The lowest BCUT2D eigenvalue weighted by molar-refractivity contribution is -0.134. The minimum absolute atomic E-state index is 0.0236. The minimum Gasteiger partial charge on any atom is -0.350 e. The number of carbonyl (C=O) groups is 3. The van der Waals surface area contributed by atoms with Gasteiger partial charge in [0.05, 0.1) is 13.1 Å². The van der Waals surface area contributed by atoms with Crippen LogP contribution in [-0.2, 0) is 22.7 Å². The van der Waals surface area contributed by atoms with Gasteiger partial charge in [0, 0.05) is 30.1 Å². The number of nitrogens with zero attached hydrogens (tertiary/aromatic N) is 2. The zero-order valence-corrected chi connectivity index (χ0v) is 17.3. The molecule has 3 amide bonds. The van der Waals surface area contributed by atoms with Gasteiger partial charge >= 0.3 is 0 Å². The molecule has 0 fully saturated rings. The molecular weight excluding hydrogens is 399 g/mol. The van der Waals surface area contributed by atoms with Gasteiger partial charge in [0.15, 0.2) is 0 Å². The molecule has 0 radical (unpaired) electrons. The summed E-state index contributed by atoms with van der Waals surface area (Å²) in [5.74, 6) is -1.55. The summed E-state index contributed by atoms with van der Waals surface area (Å²) in [5.41, 5.74) is 0.591. The molecular formula is C23H23FN4O3. The van der Waals surface area contributed by atoms with Crippen molar-refractivity contribution in [2.45, 2.75) is 25.6 Å². The highest BCUT2D eigenvalue weighted by atomic mass is 19.1. The molecule has 4 rings (SSSR count). The van der Waals surface area contributed by atoms with Gasteiger partial charge < -0.3 is 20.1 Å². The molecule has 1 aromatic heterocycles. The fourth-order valence-corrected chi connectivity index (χ4v) is 3.84. The first kappa shape index (κ1) is 20.6. The highest BCUT2D eigenvalue weighted by Crippen LogP contribution is 2.31. The monoisotopic (exact) mass is 422 g/mol. The predicted molar refractivity (Wildman–Crippen MR) is 114 cm³/mol. The SMILES string of the molecule is CN1C(=O)c2cc3ccccc3n2CC1(C)C(=O)NCC(=O)NCc1ccccc1F. The Balaban J connectivity index is 1.44. The van der Waals surface area contributed by atoms with Crippen molar-refractivity contribution >= 4 is 28.6 Å². The number of hydrogen-bond acceptors (Lipinski definition) is 3. The number of rotatable bonds is 5. The summed E-state index contributed by atoms with van der Waals surface area (Å²) in [6, 6.07) is 15.6. The van der Waals surface area contributed by atoms with Crippen molar-refractivity contribution in [3.05, 3.63) is 71.7 Å². The van der Waals surface area contributed by atoms with Crippen LogP contribution in [0.3, 0.4) is 0 Å². The summed E-state index contributed by atoms with van der Waals surface area (Å²) in [6.07, 6.45) is 0. The van der Waals surface area contributed by atoms with Gasteiger partial charge in [0.2, 0.25) is 11.8 Å². The molecule has 8 heteroatoms. The van der Waals surface area contributed by atoms with Gasteiger partial charge in [-0.1, -0.05) is 36.4 Å². The van der Waals surface area contributed by atoms with Gasteiger partial charge in [0.1, 0.15) is 17.1 Å². The van der Waals surface area contributed by atoms with Gasteiger partial charge in [-0.2, -0.15) is 0 Å². The summed E-state index contributed by atoms with van der Waals surface area (Å²) in [5, 5.41) is 6.13. The Morgan fingerprint density at radius 2 is 1.81 bits per heavy atom. The van der Waals surface area contributed by atoms with Crippen LogP contribution in [0.4, 0.5) is 4.39 Å². The molecule has 0 saturated carbocycles.